The Kier molecular flexibility index (Phi) is 5.11. The maximum atomic E-state index is 13.2. The Hall–Kier alpha value is -3.12. The van der Waals surface area contributed by atoms with Crippen LogP contribution in [0.1, 0.15) is 5.56 Å². The predicted octanol–water partition coefficient (Wildman–Crippen LogP) is 4.65. The molecule has 3 aromatic carbocycles. The highest BCUT2D eigenvalue weighted by atomic mass is 32.2. The zero-order valence-electron chi connectivity index (χ0n) is 16.4. The van der Waals surface area contributed by atoms with Crippen LogP contribution in [-0.2, 0) is 6.54 Å². The number of para-hydroxylation sites is 1. The number of aromatic hydroxyl groups is 1. The summed E-state index contributed by atoms with van der Waals surface area (Å²) in [7, 11) is 3.01. The molecule has 0 spiro atoms. The standard InChI is InChI=1S/C23H21NO4S/c1-27-18-11-14(12-19(28-2)23(18)26)13-24-16-8-5-4-7-15(16)22(25)21-17(24)9-6-10-20(21)29-3/h4-12,26H,13H2,1-3H3. The Morgan fingerprint density at radius 3 is 2.28 bits per heavy atom. The average Bonchev–Trinajstić information content (AvgIpc) is 2.76. The summed E-state index contributed by atoms with van der Waals surface area (Å²) in [4.78, 5) is 14.2. The number of fused-ring (bicyclic) bond motifs is 2. The molecule has 0 amide bonds. The van der Waals surface area contributed by atoms with Crippen LogP contribution in [-0.4, -0.2) is 30.1 Å². The van der Waals surface area contributed by atoms with Gasteiger partial charge in [-0.25, -0.2) is 0 Å². The SMILES string of the molecule is COc1cc(Cn2c3ccccc3c(=O)c3c(SC)cccc32)cc(OC)c1O. The number of ether oxygens (including phenoxy) is 2. The fourth-order valence-corrected chi connectivity index (χ4v) is 4.32. The maximum Gasteiger partial charge on any atom is 0.200 e. The summed E-state index contributed by atoms with van der Waals surface area (Å²) in [5, 5.41) is 11.6. The third kappa shape index (κ3) is 3.19. The Morgan fingerprint density at radius 2 is 1.62 bits per heavy atom. The van der Waals surface area contributed by atoms with Gasteiger partial charge in [0.05, 0.1) is 30.6 Å². The van der Waals surface area contributed by atoms with Gasteiger partial charge in [-0.3, -0.25) is 4.79 Å². The van der Waals surface area contributed by atoms with E-state index in [0.717, 1.165) is 26.9 Å². The molecule has 0 bridgehead atoms. The summed E-state index contributed by atoms with van der Waals surface area (Å²) in [6.07, 6.45) is 1.98. The molecule has 0 saturated carbocycles. The van der Waals surface area contributed by atoms with Crippen molar-refractivity contribution in [2.45, 2.75) is 11.4 Å². The summed E-state index contributed by atoms with van der Waals surface area (Å²) in [5.74, 6) is 0.663. The largest absolute Gasteiger partial charge is 0.502 e. The van der Waals surface area contributed by atoms with Gasteiger partial charge >= 0.3 is 0 Å². The Morgan fingerprint density at radius 1 is 0.966 bits per heavy atom. The molecular formula is C23H21NO4S. The van der Waals surface area contributed by atoms with Gasteiger partial charge in [0.2, 0.25) is 5.75 Å². The lowest BCUT2D eigenvalue weighted by Gasteiger charge is -2.18. The summed E-state index contributed by atoms with van der Waals surface area (Å²) in [5.41, 5.74) is 2.65. The second-order valence-electron chi connectivity index (χ2n) is 6.64. The van der Waals surface area contributed by atoms with Crippen LogP contribution in [0.5, 0.6) is 17.2 Å². The number of rotatable bonds is 5. The number of phenolic OH excluding ortho intramolecular Hbond substituents is 1. The van der Waals surface area contributed by atoms with E-state index in [4.69, 9.17) is 9.47 Å². The summed E-state index contributed by atoms with van der Waals surface area (Å²) < 4.78 is 12.7. The fourth-order valence-electron chi connectivity index (χ4n) is 3.70. The molecule has 0 aliphatic heterocycles. The van der Waals surface area contributed by atoms with Gasteiger partial charge in [-0.1, -0.05) is 18.2 Å². The second kappa shape index (κ2) is 7.72. The van der Waals surface area contributed by atoms with E-state index in [-0.39, 0.29) is 11.2 Å². The molecule has 0 aliphatic carbocycles. The highest BCUT2D eigenvalue weighted by Crippen LogP contribution is 2.38. The number of hydrogen-bond donors (Lipinski definition) is 1. The van der Waals surface area contributed by atoms with E-state index in [1.165, 1.54) is 14.2 Å². The van der Waals surface area contributed by atoms with Gasteiger partial charge in [0.1, 0.15) is 0 Å². The van der Waals surface area contributed by atoms with Crippen LogP contribution in [0, 0.1) is 0 Å². The van der Waals surface area contributed by atoms with Gasteiger partial charge in [-0.05, 0) is 48.2 Å². The zero-order valence-corrected chi connectivity index (χ0v) is 17.2. The Bertz CT molecular complexity index is 1250. The van der Waals surface area contributed by atoms with Gasteiger partial charge in [0.25, 0.3) is 0 Å². The molecule has 0 aliphatic rings. The number of thioether (sulfide) groups is 1. The van der Waals surface area contributed by atoms with E-state index in [0.29, 0.717) is 23.4 Å². The Balaban J connectivity index is 2.03. The van der Waals surface area contributed by atoms with Gasteiger partial charge in [0, 0.05) is 16.8 Å². The van der Waals surface area contributed by atoms with Crippen molar-refractivity contribution in [1.82, 2.24) is 4.57 Å². The molecule has 5 nitrogen and oxygen atoms in total. The molecule has 1 aromatic heterocycles. The number of phenols is 1. The number of hydrogen-bond acceptors (Lipinski definition) is 5. The zero-order chi connectivity index (χ0) is 20.5. The third-order valence-electron chi connectivity index (χ3n) is 5.06. The van der Waals surface area contributed by atoms with Crippen molar-refractivity contribution in [1.29, 1.82) is 0 Å². The number of benzene rings is 3. The third-order valence-corrected chi connectivity index (χ3v) is 5.84. The van der Waals surface area contributed by atoms with Crippen LogP contribution in [0.25, 0.3) is 21.8 Å². The van der Waals surface area contributed by atoms with Crippen molar-refractivity contribution in [3.63, 3.8) is 0 Å². The van der Waals surface area contributed by atoms with E-state index in [9.17, 15) is 9.90 Å². The lowest BCUT2D eigenvalue weighted by molar-refractivity contribution is 0.339. The lowest BCUT2D eigenvalue weighted by atomic mass is 10.1. The molecular weight excluding hydrogens is 386 g/mol. The highest BCUT2D eigenvalue weighted by Gasteiger charge is 2.16. The van der Waals surface area contributed by atoms with Crippen LogP contribution in [0.4, 0.5) is 0 Å². The van der Waals surface area contributed by atoms with E-state index in [1.54, 1.807) is 23.9 Å². The van der Waals surface area contributed by atoms with Gasteiger partial charge < -0.3 is 19.1 Å². The first-order valence-corrected chi connectivity index (χ1v) is 10.3. The van der Waals surface area contributed by atoms with Crippen molar-refractivity contribution < 1.29 is 14.6 Å². The highest BCUT2D eigenvalue weighted by molar-refractivity contribution is 7.98. The molecule has 0 unspecified atom stereocenters. The normalized spacial score (nSPS) is 11.1. The molecule has 0 saturated heterocycles. The first kappa shape index (κ1) is 19.2. The maximum absolute atomic E-state index is 13.2. The van der Waals surface area contributed by atoms with Crippen LogP contribution in [0.2, 0.25) is 0 Å². The first-order chi connectivity index (χ1) is 14.1. The molecule has 4 aromatic rings. The molecule has 1 N–H and O–H groups in total. The topological polar surface area (TPSA) is 60.7 Å². The minimum atomic E-state index is -0.0296. The van der Waals surface area contributed by atoms with E-state index in [1.807, 2.05) is 48.7 Å². The fraction of sp³-hybridized carbons (Fsp3) is 0.174. The molecule has 4 rings (SSSR count). The first-order valence-electron chi connectivity index (χ1n) is 9.11. The van der Waals surface area contributed by atoms with Gasteiger partial charge in [-0.15, -0.1) is 11.8 Å². The average molecular weight is 407 g/mol. The van der Waals surface area contributed by atoms with Crippen molar-refractivity contribution in [3.8, 4) is 17.2 Å². The van der Waals surface area contributed by atoms with Crippen LogP contribution in [0.15, 0.2) is 64.3 Å². The number of pyridine rings is 1. The van der Waals surface area contributed by atoms with Crippen molar-refractivity contribution in [2.24, 2.45) is 0 Å². The molecule has 0 radical (unpaired) electrons. The van der Waals surface area contributed by atoms with E-state index in [2.05, 4.69) is 4.57 Å². The summed E-state index contributed by atoms with van der Waals surface area (Å²) in [6.45, 7) is 0.488. The van der Waals surface area contributed by atoms with Crippen LogP contribution < -0.4 is 14.9 Å². The molecule has 0 fully saturated rings. The van der Waals surface area contributed by atoms with Gasteiger partial charge in [0.15, 0.2) is 16.9 Å². The number of methoxy groups -OCH3 is 2. The van der Waals surface area contributed by atoms with Crippen LogP contribution in [0.3, 0.4) is 0 Å². The van der Waals surface area contributed by atoms with E-state index < -0.39 is 0 Å². The minimum Gasteiger partial charge on any atom is -0.502 e. The van der Waals surface area contributed by atoms with Crippen molar-refractivity contribution in [2.75, 3.05) is 20.5 Å². The molecule has 148 valence electrons. The summed E-state index contributed by atoms with van der Waals surface area (Å²) in [6, 6.07) is 17.1. The molecule has 29 heavy (non-hydrogen) atoms. The lowest BCUT2D eigenvalue weighted by Crippen LogP contribution is -2.13. The Labute approximate surface area is 172 Å². The van der Waals surface area contributed by atoms with Crippen molar-refractivity contribution >= 4 is 33.6 Å². The molecule has 6 heteroatoms. The second-order valence-corrected chi connectivity index (χ2v) is 7.48. The predicted molar refractivity (Wildman–Crippen MR) is 118 cm³/mol. The van der Waals surface area contributed by atoms with Crippen molar-refractivity contribution in [3.05, 3.63) is 70.4 Å². The molecule has 1 heterocycles. The summed E-state index contributed by atoms with van der Waals surface area (Å²) >= 11 is 1.56. The number of aromatic nitrogens is 1. The quantitative estimate of drug-likeness (QED) is 0.386. The number of nitrogens with zero attached hydrogens (tertiary/aromatic N) is 1. The smallest absolute Gasteiger partial charge is 0.200 e. The van der Waals surface area contributed by atoms with Crippen LogP contribution >= 0.6 is 11.8 Å². The minimum absolute atomic E-state index is 0.0296. The van der Waals surface area contributed by atoms with E-state index >= 15 is 0 Å². The molecule has 0 atom stereocenters. The monoisotopic (exact) mass is 407 g/mol. The van der Waals surface area contributed by atoms with Gasteiger partial charge in [-0.2, -0.15) is 0 Å².